The van der Waals surface area contributed by atoms with E-state index in [1.165, 1.54) is 37.7 Å². The fourth-order valence-corrected chi connectivity index (χ4v) is 6.43. The van der Waals surface area contributed by atoms with Gasteiger partial charge in [-0.15, -0.1) is 0 Å². The number of allylic oxidation sites excluding steroid dienone is 1. The summed E-state index contributed by atoms with van der Waals surface area (Å²) in [5.74, 6) is -0.380. The number of carbonyl (C=O) groups is 1. The topological polar surface area (TPSA) is 76.6 Å². The average Bonchev–Trinajstić information content (AvgIpc) is 3.05. The SMILES string of the molecule is C=C1/C=C\C(C(=C)N2CCC(CC)(CCC)CC2)=C/CN(CC)CCN(C[C@@H](C#N)CCc2ccccc2CN)C1=O. The third kappa shape index (κ3) is 8.93. The molecule has 1 saturated heterocycles. The van der Waals surface area contributed by atoms with Crippen LogP contribution in [0, 0.1) is 22.7 Å². The van der Waals surface area contributed by atoms with Gasteiger partial charge in [-0.2, -0.15) is 5.26 Å². The lowest BCUT2D eigenvalue weighted by molar-refractivity contribution is -0.127. The smallest absolute Gasteiger partial charge is 0.253 e. The zero-order chi connectivity index (χ0) is 30.5. The summed E-state index contributed by atoms with van der Waals surface area (Å²) in [6.45, 7) is 21.3. The highest BCUT2D eigenvalue weighted by Gasteiger charge is 2.32. The average molecular weight is 572 g/mol. The van der Waals surface area contributed by atoms with Gasteiger partial charge in [-0.25, -0.2) is 0 Å². The summed E-state index contributed by atoms with van der Waals surface area (Å²) < 4.78 is 0. The van der Waals surface area contributed by atoms with E-state index < -0.39 is 0 Å². The van der Waals surface area contributed by atoms with Crippen LogP contribution in [-0.4, -0.2) is 66.4 Å². The lowest BCUT2D eigenvalue weighted by atomic mass is 9.73. The number of hydrogen-bond donors (Lipinski definition) is 1. The van der Waals surface area contributed by atoms with E-state index in [4.69, 9.17) is 5.73 Å². The second-order valence-corrected chi connectivity index (χ2v) is 12.0. The first-order chi connectivity index (χ1) is 20.3. The lowest BCUT2D eigenvalue weighted by Gasteiger charge is -2.43. The predicted octanol–water partition coefficient (Wildman–Crippen LogP) is 6.23. The van der Waals surface area contributed by atoms with Crippen LogP contribution in [0.2, 0.25) is 0 Å². The minimum absolute atomic E-state index is 0.109. The second-order valence-electron chi connectivity index (χ2n) is 12.0. The predicted molar refractivity (Wildman–Crippen MR) is 174 cm³/mol. The van der Waals surface area contributed by atoms with Crippen molar-refractivity contribution in [2.24, 2.45) is 17.1 Å². The molecule has 0 unspecified atom stereocenters. The van der Waals surface area contributed by atoms with Crippen LogP contribution in [0.5, 0.6) is 0 Å². The number of nitrogens with two attached hydrogens (primary N) is 1. The van der Waals surface area contributed by atoms with E-state index in [1.54, 1.807) is 0 Å². The maximum atomic E-state index is 13.6. The van der Waals surface area contributed by atoms with E-state index in [0.29, 0.717) is 37.0 Å². The number of nitrogens with zero attached hydrogens (tertiary/aromatic N) is 4. The highest BCUT2D eigenvalue weighted by molar-refractivity contribution is 5.95. The Kier molecular flexibility index (Phi) is 13.1. The maximum Gasteiger partial charge on any atom is 0.253 e. The molecule has 6 nitrogen and oxygen atoms in total. The number of likely N-dealkylation sites (tertiary alicyclic amines) is 1. The van der Waals surface area contributed by atoms with Gasteiger partial charge in [0.05, 0.1) is 12.0 Å². The Morgan fingerprint density at radius 3 is 2.43 bits per heavy atom. The third-order valence-electron chi connectivity index (χ3n) is 9.52. The molecule has 3 rings (SSSR count). The monoisotopic (exact) mass is 571 g/mol. The molecule has 0 bridgehead atoms. The second kappa shape index (κ2) is 16.5. The molecule has 0 spiro atoms. The summed E-state index contributed by atoms with van der Waals surface area (Å²) >= 11 is 0. The van der Waals surface area contributed by atoms with E-state index >= 15 is 0 Å². The van der Waals surface area contributed by atoms with Gasteiger partial charge < -0.3 is 15.5 Å². The van der Waals surface area contributed by atoms with Gasteiger partial charge in [-0.3, -0.25) is 9.69 Å². The zero-order valence-corrected chi connectivity index (χ0v) is 26.4. The quantitative estimate of drug-likeness (QED) is 0.301. The fraction of sp³-hybridized carbons (Fsp3) is 0.556. The van der Waals surface area contributed by atoms with Crippen molar-refractivity contribution < 1.29 is 4.79 Å². The lowest BCUT2D eigenvalue weighted by Crippen LogP contribution is -2.41. The molecule has 1 aromatic rings. The Morgan fingerprint density at radius 2 is 1.81 bits per heavy atom. The molecule has 1 amide bonds. The number of piperidine rings is 1. The standard InChI is InChI=1S/C36H53N5O/c1-6-18-36(7-2)19-22-40(23-20-36)30(5)32-15-13-29(4)35(42)41(25-24-39(8-3)21-17-32)28-31(26-37)14-16-33-11-9-10-12-34(33)27-38/h9-13,15,17,31H,4-8,14,16,18-25,27-28,38H2,1-3H3/b15-13-,32-17+/t31-/m1/s1. The molecule has 0 aromatic heterocycles. The molecule has 0 aliphatic carbocycles. The number of aryl methyl sites for hydroxylation is 1. The first-order valence-electron chi connectivity index (χ1n) is 16.0. The van der Waals surface area contributed by atoms with Gasteiger partial charge in [0.25, 0.3) is 5.91 Å². The summed E-state index contributed by atoms with van der Waals surface area (Å²) in [5.41, 5.74) is 11.2. The molecule has 0 radical (unpaired) electrons. The minimum atomic E-state index is -0.271. The fourth-order valence-electron chi connectivity index (χ4n) is 6.43. The van der Waals surface area contributed by atoms with E-state index in [9.17, 15) is 10.1 Å². The first-order valence-corrected chi connectivity index (χ1v) is 16.0. The van der Waals surface area contributed by atoms with Gasteiger partial charge in [0.1, 0.15) is 0 Å². The molecule has 1 atom stereocenters. The molecule has 2 heterocycles. The van der Waals surface area contributed by atoms with Crippen molar-refractivity contribution in [3.63, 3.8) is 0 Å². The highest BCUT2D eigenvalue weighted by Crippen LogP contribution is 2.40. The molecule has 0 saturated carbocycles. The number of carbonyl (C=O) groups excluding carboxylic acids is 1. The van der Waals surface area contributed by atoms with Crippen LogP contribution in [0.3, 0.4) is 0 Å². The molecule has 2 aliphatic heterocycles. The molecule has 1 aromatic carbocycles. The van der Waals surface area contributed by atoms with Crippen LogP contribution in [0.4, 0.5) is 0 Å². The molecule has 228 valence electrons. The van der Waals surface area contributed by atoms with E-state index in [1.807, 2.05) is 35.3 Å². The molecule has 2 N–H and O–H groups in total. The van der Waals surface area contributed by atoms with Gasteiger partial charge in [0, 0.05) is 57.1 Å². The number of amides is 1. The number of hydrogen-bond acceptors (Lipinski definition) is 5. The van der Waals surface area contributed by atoms with E-state index in [2.05, 4.69) is 61.9 Å². The van der Waals surface area contributed by atoms with E-state index in [0.717, 1.165) is 56.0 Å². The maximum absolute atomic E-state index is 13.6. The van der Waals surface area contributed by atoms with Crippen LogP contribution < -0.4 is 5.73 Å². The van der Waals surface area contributed by atoms with Crippen LogP contribution in [0.25, 0.3) is 0 Å². The van der Waals surface area contributed by atoms with Gasteiger partial charge >= 0.3 is 0 Å². The number of benzene rings is 1. The van der Waals surface area contributed by atoms with Crippen molar-refractivity contribution in [3.05, 3.63) is 83.6 Å². The molecule has 42 heavy (non-hydrogen) atoms. The Hall–Kier alpha value is -3.14. The van der Waals surface area contributed by atoms with Crippen LogP contribution in [0.15, 0.2) is 72.5 Å². The molecular weight excluding hydrogens is 518 g/mol. The Balaban J connectivity index is 1.71. The number of likely N-dealkylation sites (N-methyl/N-ethyl adjacent to an activating group) is 1. The van der Waals surface area contributed by atoms with Gasteiger partial charge in [-0.1, -0.05) is 83.2 Å². The summed E-state index contributed by atoms with van der Waals surface area (Å²) in [4.78, 5) is 20.2. The Bertz CT molecular complexity index is 1170. The van der Waals surface area contributed by atoms with Gasteiger partial charge in [-0.05, 0) is 66.8 Å². The van der Waals surface area contributed by atoms with Crippen LogP contribution in [0.1, 0.15) is 70.4 Å². The van der Waals surface area contributed by atoms with Gasteiger partial charge in [0.15, 0.2) is 0 Å². The number of rotatable bonds is 12. The van der Waals surface area contributed by atoms with Crippen molar-refractivity contribution in [3.8, 4) is 6.07 Å². The zero-order valence-electron chi connectivity index (χ0n) is 26.4. The van der Waals surface area contributed by atoms with Crippen molar-refractivity contribution in [2.45, 2.75) is 72.3 Å². The van der Waals surface area contributed by atoms with Crippen molar-refractivity contribution in [1.82, 2.24) is 14.7 Å². The Morgan fingerprint density at radius 1 is 1.10 bits per heavy atom. The summed E-state index contributed by atoms with van der Waals surface area (Å²) in [7, 11) is 0. The third-order valence-corrected chi connectivity index (χ3v) is 9.52. The normalized spacial score (nSPS) is 21.2. The molecule has 6 heteroatoms. The number of nitriles is 1. The van der Waals surface area contributed by atoms with Crippen LogP contribution >= 0.6 is 0 Å². The molecule has 1 fully saturated rings. The van der Waals surface area contributed by atoms with Gasteiger partial charge in [0.2, 0.25) is 0 Å². The summed E-state index contributed by atoms with van der Waals surface area (Å²) in [5, 5.41) is 10.00. The van der Waals surface area contributed by atoms with Crippen LogP contribution in [-0.2, 0) is 17.8 Å². The van der Waals surface area contributed by atoms with Crippen molar-refractivity contribution >= 4 is 5.91 Å². The first kappa shape index (κ1) is 33.4. The largest absolute Gasteiger partial charge is 0.371 e. The minimum Gasteiger partial charge on any atom is -0.371 e. The van der Waals surface area contributed by atoms with Crippen molar-refractivity contribution in [1.29, 1.82) is 5.26 Å². The molecular formula is C36H53N5O. The van der Waals surface area contributed by atoms with E-state index in [-0.39, 0.29) is 11.8 Å². The summed E-state index contributed by atoms with van der Waals surface area (Å²) in [6.07, 6.45) is 13.7. The Labute approximate surface area is 255 Å². The molecule has 2 aliphatic rings. The highest BCUT2D eigenvalue weighted by atomic mass is 16.2. The van der Waals surface area contributed by atoms with Crippen molar-refractivity contribution in [2.75, 3.05) is 45.8 Å². The summed E-state index contributed by atoms with van der Waals surface area (Å²) in [6, 6.07) is 10.6.